The van der Waals surface area contributed by atoms with Crippen molar-refractivity contribution in [3.05, 3.63) is 46.8 Å². The molecule has 0 aliphatic rings. The van der Waals surface area contributed by atoms with Gasteiger partial charge in [0.15, 0.2) is 0 Å². The van der Waals surface area contributed by atoms with E-state index < -0.39 is 0 Å². The lowest BCUT2D eigenvalue weighted by molar-refractivity contribution is 0.554. The fourth-order valence-electron chi connectivity index (χ4n) is 2.38. The number of rotatable bonds is 3. The van der Waals surface area contributed by atoms with Gasteiger partial charge in [0.05, 0.1) is 17.2 Å². The third kappa shape index (κ3) is 1.55. The van der Waals surface area contributed by atoms with E-state index in [0.717, 1.165) is 30.3 Å². The number of nitrogens with zero attached hydrogens (tertiary/aromatic N) is 1. The molecule has 0 amide bonds. The van der Waals surface area contributed by atoms with E-state index in [2.05, 4.69) is 11.5 Å². The van der Waals surface area contributed by atoms with E-state index in [4.69, 9.17) is 4.42 Å². The molecule has 0 aliphatic carbocycles. The molecule has 92 valence electrons. The summed E-state index contributed by atoms with van der Waals surface area (Å²) in [6, 6.07) is 9.48. The average molecular weight is 241 g/mol. The smallest absolute Gasteiger partial charge is 0.210 e. The highest BCUT2D eigenvalue weighted by Gasteiger charge is 2.12. The highest BCUT2D eigenvalue weighted by Crippen LogP contribution is 2.20. The Hall–Kier alpha value is -2.03. The van der Waals surface area contributed by atoms with Crippen molar-refractivity contribution in [2.75, 3.05) is 0 Å². The van der Waals surface area contributed by atoms with Crippen LogP contribution in [0.4, 0.5) is 0 Å². The summed E-state index contributed by atoms with van der Waals surface area (Å²) in [4.78, 5) is 12.3. The van der Waals surface area contributed by atoms with Gasteiger partial charge in [-0.2, -0.15) is 0 Å². The van der Waals surface area contributed by atoms with E-state index >= 15 is 0 Å². The van der Waals surface area contributed by atoms with Crippen molar-refractivity contribution in [1.82, 2.24) is 4.57 Å². The zero-order chi connectivity index (χ0) is 12.5. The van der Waals surface area contributed by atoms with Gasteiger partial charge >= 0.3 is 0 Å². The lowest BCUT2D eigenvalue weighted by Gasteiger charge is -2.11. The standard InChI is InChI=1S/C15H15NO2/c1-2-3-9-16-13-7-5-4-6-11(13)14(17)12-8-10-18-15(12)16/h4-8,10H,2-3,9H2,1H3. The minimum atomic E-state index is 0.0575. The Kier molecular flexibility index (Phi) is 2.67. The largest absolute Gasteiger partial charge is 0.448 e. The maximum absolute atomic E-state index is 12.3. The number of aryl methyl sites for hydroxylation is 1. The molecule has 0 spiro atoms. The van der Waals surface area contributed by atoms with E-state index in [1.54, 1.807) is 12.3 Å². The number of fused-ring (bicyclic) bond motifs is 2. The molecule has 3 heteroatoms. The van der Waals surface area contributed by atoms with Gasteiger partial charge in [-0.3, -0.25) is 4.79 Å². The fraction of sp³-hybridized carbons (Fsp3) is 0.267. The number of unbranched alkanes of at least 4 members (excludes halogenated alkanes) is 1. The van der Waals surface area contributed by atoms with Crippen LogP contribution in [0.15, 0.2) is 45.8 Å². The lowest BCUT2D eigenvalue weighted by Crippen LogP contribution is -2.10. The molecule has 1 aromatic carbocycles. The minimum absolute atomic E-state index is 0.0575. The van der Waals surface area contributed by atoms with Gasteiger partial charge in [-0.05, 0) is 24.6 Å². The molecule has 0 atom stereocenters. The third-order valence-electron chi connectivity index (χ3n) is 3.31. The van der Waals surface area contributed by atoms with Crippen molar-refractivity contribution in [2.45, 2.75) is 26.3 Å². The molecule has 0 bridgehead atoms. The van der Waals surface area contributed by atoms with Crippen LogP contribution in [-0.4, -0.2) is 4.57 Å². The summed E-state index contributed by atoms with van der Waals surface area (Å²) in [5.74, 6) is 0. The molecule has 0 saturated heterocycles. The molecule has 0 unspecified atom stereocenters. The van der Waals surface area contributed by atoms with Gasteiger partial charge in [-0.15, -0.1) is 0 Å². The first-order valence-corrected chi connectivity index (χ1v) is 6.31. The van der Waals surface area contributed by atoms with Crippen molar-refractivity contribution in [2.24, 2.45) is 0 Å². The monoisotopic (exact) mass is 241 g/mol. The van der Waals surface area contributed by atoms with Crippen molar-refractivity contribution in [1.29, 1.82) is 0 Å². The van der Waals surface area contributed by atoms with Crippen LogP contribution in [0.1, 0.15) is 19.8 Å². The van der Waals surface area contributed by atoms with Gasteiger partial charge < -0.3 is 8.98 Å². The molecule has 0 N–H and O–H groups in total. The molecular weight excluding hydrogens is 226 g/mol. The molecule has 3 rings (SSSR count). The summed E-state index contributed by atoms with van der Waals surface area (Å²) in [6.07, 6.45) is 3.78. The van der Waals surface area contributed by atoms with E-state index in [-0.39, 0.29) is 5.43 Å². The SMILES string of the molecule is CCCCn1c2ccccc2c(=O)c2ccoc21. The first-order chi connectivity index (χ1) is 8.83. The Morgan fingerprint density at radius 3 is 2.83 bits per heavy atom. The molecule has 2 aromatic heterocycles. The summed E-state index contributed by atoms with van der Waals surface area (Å²) >= 11 is 0. The second-order valence-electron chi connectivity index (χ2n) is 4.49. The number of pyridine rings is 1. The van der Waals surface area contributed by atoms with Crippen LogP contribution in [-0.2, 0) is 6.54 Å². The highest BCUT2D eigenvalue weighted by atomic mass is 16.3. The molecule has 3 nitrogen and oxygen atoms in total. The van der Waals surface area contributed by atoms with E-state index in [9.17, 15) is 4.79 Å². The Balaban J connectivity index is 2.42. The predicted molar refractivity (Wildman–Crippen MR) is 72.9 cm³/mol. The van der Waals surface area contributed by atoms with Crippen molar-refractivity contribution in [3.63, 3.8) is 0 Å². The predicted octanol–water partition coefficient (Wildman–Crippen LogP) is 3.55. The summed E-state index contributed by atoms with van der Waals surface area (Å²) in [6.45, 7) is 3.03. The average Bonchev–Trinajstić information content (AvgIpc) is 2.88. The summed E-state index contributed by atoms with van der Waals surface area (Å²) in [5.41, 5.74) is 1.70. The van der Waals surface area contributed by atoms with Crippen LogP contribution in [0.2, 0.25) is 0 Å². The number of aromatic nitrogens is 1. The van der Waals surface area contributed by atoms with Crippen LogP contribution in [0.5, 0.6) is 0 Å². The third-order valence-corrected chi connectivity index (χ3v) is 3.31. The summed E-state index contributed by atoms with van der Waals surface area (Å²) in [5, 5.41) is 1.44. The number of furan rings is 1. The van der Waals surface area contributed by atoms with Crippen LogP contribution in [0.3, 0.4) is 0 Å². The fourth-order valence-corrected chi connectivity index (χ4v) is 2.38. The molecular formula is C15H15NO2. The lowest BCUT2D eigenvalue weighted by atomic mass is 10.1. The quantitative estimate of drug-likeness (QED) is 0.703. The maximum Gasteiger partial charge on any atom is 0.210 e. The number of hydrogen-bond acceptors (Lipinski definition) is 2. The summed E-state index contributed by atoms with van der Waals surface area (Å²) < 4.78 is 7.60. The van der Waals surface area contributed by atoms with E-state index in [1.165, 1.54) is 0 Å². The Bertz CT molecular complexity index is 752. The number of hydrogen-bond donors (Lipinski definition) is 0. The molecule has 3 aromatic rings. The Morgan fingerprint density at radius 2 is 2.00 bits per heavy atom. The van der Waals surface area contributed by atoms with Crippen LogP contribution >= 0.6 is 0 Å². The van der Waals surface area contributed by atoms with Gasteiger partial charge in [-0.25, -0.2) is 0 Å². The van der Waals surface area contributed by atoms with Gasteiger partial charge in [0.2, 0.25) is 11.1 Å². The molecule has 0 aliphatic heterocycles. The van der Waals surface area contributed by atoms with Gasteiger partial charge in [0, 0.05) is 11.9 Å². The second kappa shape index (κ2) is 4.33. The van der Waals surface area contributed by atoms with E-state index in [0.29, 0.717) is 11.1 Å². The zero-order valence-electron chi connectivity index (χ0n) is 10.3. The van der Waals surface area contributed by atoms with Gasteiger partial charge in [0.25, 0.3) is 0 Å². The van der Waals surface area contributed by atoms with Crippen LogP contribution in [0, 0.1) is 0 Å². The topological polar surface area (TPSA) is 35.1 Å². The first kappa shape index (κ1) is 11.1. The van der Waals surface area contributed by atoms with Gasteiger partial charge in [-0.1, -0.05) is 25.5 Å². The normalized spacial score (nSPS) is 11.4. The number of para-hydroxylation sites is 1. The minimum Gasteiger partial charge on any atom is -0.448 e. The van der Waals surface area contributed by atoms with Crippen molar-refractivity contribution in [3.8, 4) is 0 Å². The molecule has 2 heterocycles. The van der Waals surface area contributed by atoms with Gasteiger partial charge in [0.1, 0.15) is 0 Å². The van der Waals surface area contributed by atoms with Crippen LogP contribution in [0.25, 0.3) is 22.0 Å². The maximum atomic E-state index is 12.3. The first-order valence-electron chi connectivity index (χ1n) is 6.31. The highest BCUT2D eigenvalue weighted by molar-refractivity contribution is 5.91. The van der Waals surface area contributed by atoms with Crippen molar-refractivity contribution >= 4 is 22.0 Å². The van der Waals surface area contributed by atoms with Crippen LogP contribution < -0.4 is 5.43 Å². The second-order valence-corrected chi connectivity index (χ2v) is 4.49. The Labute approximate surface area is 105 Å². The Morgan fingerprint density at radius 1 is 1.17 bits per heavy atom. The molecule has 0 saturated carbocycles. The zero-order valence-corrected chi connectivity index (χ0v) is 10.3. The van der Waals surface area contributed by atoms with Crippen molar-refractivity contribution < 1.29 is 4.42 Å². The summed E-state index contributed by atoms with van der Waals surface area (Å²) in [7, 11) is 0. The molecule has 18 heavy (non-hydrogen) atoms. The molecule has 0 fully saturated rings. The number of benzene rings is 1. The van der Waals surface area contributed by atoms with E-state index in [1.807, 2.05) is 24.3 Å². The molecule has 0 radical (unpaired) electrons.